The van der Waals surface area contributed by atoms with Gasteiger partial charge in [0, 0.05) is 18.8 Å². The van der Waals surface area contributed by atoms with Crippen LogP contribution in [0.25, 0.3) is 0 Å². The number of para-hydroxylation sites is 1. The standard InChI is InChI=1S/C17H18N4O4/c22-13-8-18-16(25)21(13)9-14(23)20-7-3-6-17(10-20)11-4-1-2-5-12(11)19-15(17)24/h1-2,4-5H,3,6-10H2,(H,18,25)(H,19,24). The molecule has 2 saturated heterocycles. The number of urea groups is 1. The van der Waals surface area contributed by atoms with Crippen molar-refractivity contribution < 1.29 is 19.2 Å². The Labute approximate surface area is 144 Å². The van der Waals surface area contributed by atoms with Gasteiger partial charge in [0.15, 0.2) is 0 Å². The molecular formula is C17H18N4O4. The Morgan fingerprint density at radius 1 is 1.20 bits per heavy atom. The van der Waals surface area contributed by atoms with Crippen molar-refractivity contribution in [2.75, 3.05) is 31.5 Å². The molecule has 8 nitrogen and oxygen atoms in total. The molecule has 1 atom stereocenters. The van der Waals surface area contributed by atoms with E-state index in [9.17, 15) is 19.2 Å². The Kier molecular flexibility index (Phi) is 3.48. The molecule has 3 aliphatic rings. The van der Waals surface area contributed by atoms with Crippen LogP contribution in [0.2, 0.25) is 0 Å². The molecule has 3 aliphatic heterocycles. The first kappa shape index (κ1) is 15.6. The number of nitrogens with zero attached hydrogens (tertiary/aromatic N) is 2. The highest BCUT2D eigenvalue weighted by molar-refractivity contribution is 6.07. The van der Waals surface area contributed by atoms with Crippen LogP contribution in [0.3, 0.4) is 0 Å². The van der Waals surface area contributed by atoms with Crippen LogP contribution in [0.4, 0.5) is 10.5 Å². The Hall–Kier alpha value is -2.90. The number of imide groups is 1. The number of hydrogen-bond acceptors (Lipinski definition) is 4. The van der Waals surface area contributed by atoms with Crippen molar-refractivity contribution in [3.63, 3.8) is 0 Å². The average Bonchev–Trinajstić information content (AvgIpc) is 3.07. The summed E-state index contributed by atoms with van der Waals surface area (Å²) < 4.78 is 0. The molecule has 3 heterocycles. The van der Waals surface area contributed by atoms with Crippen molar-refractivity contribution in [1.29, 1.82) is 0 Å². The number of likely N-dealkylation sites (tertiary alicyclic amines) is 1. The van der Waals surface area contributed by atoms with E-state index in [-0.39, 0.29) is 31.4 Å². The minimum absolute atomic E-state index is 0.0775. The van der Waals surface area contributed by atoms with Gasteiger partial charge in [-0.15, -0.1) is 0 Å². The minimum Gasteiger partial charge on any atom is -0.340 e. The fourth-order valence-corrected chi connectivity index (χ4v) is 3.90. The summed E-state index contributed by atoms with van der Waals surface area (Å²) in [6.07, 6.45) is 1.36. The summed E-state index contributed by atoms with van der Waals surface area (Å²) in [5, 5.41) is 5.30. The van der Waals surface area contributed by atoms with Gasteiger partial charge in [0.1, 0.15) is 6.54 Å². The number of piperidine rings is 1. The number of fused-ring (bicyclic) bond motifs is 2. The van der Waals surface area contributed by atoms with E-state index in [4.69, 9.17) is 0 Å². The molecular weight excluding hydrogens is 324 g/mol. The number of carbonyl (C=O) groups is 4. The Balaban J connectivity index is 1.55. The normalized spacial score (nSPS) is 25.2. The van der Waals surface area contributed by atoms with Crippen LogP contribution in [0.15, 0.2) is 24.3 Å². The lowest BCUT2D eigenvalue weighted by atomic mass is 9.75. The van der Waals surface area contributed by atoms with Crippen LogP contribution >= 0.6 is 0 Å². The number of benzene rings is 1. The van der Waals surface area contributed by atoms with Crippen molar-refractivity contribution in [1.82, 2.24) is 15.1 Å². The van der Waals surface area contributed by atoms with Crippen LogP contribution in [0, 0.1) is 0 Å². The van der Waals surface area contributed by atoms with Crippen molar-refractivity contribution in [2.45, 2.75) is 18.3 Å². The highest BCUT2D eigenvalue weighted by atomic mass is 16.2. The Morgan fingerprint density at radius 3 is 2.76 bits per heavy atom. The second-order valence-corrected chi connectivity index (χ2v) is 6.64. The zero-order chi connectivity index (χ0) is 17.6. The fraction of sp³-hybridized carbons (Fsp3) is 0.412. The van der Waals surface area contributed by atoms with Gasteiger partial charge in [-0.05, 0) is 24.5 Å². The molecule has 5 amide bonds. The lowest BCUT2D eigenvalue weighted by molar-refractivity contribution is -0.139. The summed E-state index contributed by atoms with van der Waals surface area (Å²) in [4.78, 5) is 51.1. The van der Waals surface area contributed by atoms with Crippen LogP contribution in [0.5, 0.6) is 0 Å². The maximum absolute atomic E-state index is 12.6. The lowest BCUT2D eigenvalue weighted by Gasteiger charge is -2.39. The van der Waals surface area contributed by atoms with Gasteiger partial charge in [0.2, 0.25) is 11.8 Å². The molecule has 0 aliphatic carbocycles. The predicted molar refractivity (Wildman–Crippen MR) is 87.7 cm³/mol. The average molecular weight is 342 g/mol. The van der Waals surface area contributed by atoms with E-state index in [1.54, 1.807) is 4.90 Å². The topological polar surface area (TPSA) is 98.8 Å². The number of carbonyl (C=O) groups excluding carboxylic acids is 4. The van der Waals surface area contributed by atoms with Crippen LogP contribution in [-0.2, 0) is 19.8 Å². The number of hydrogen-bond donors (Lipinski definition) is 2. The van der Waals surface area contributed by atoms with Gasteiger partial charge in [-0.2, -0.15) is 0 Å². The highest BCUT2D eigenvalue weighted by Gasteiger charge is 2.50. The third-order valence-electron chi connectivity index (χ3n) is 5.20. The van der Waals surface area contributed by atoms with Gasteiger partial charge >= 0.3 is 6.03 Å². The van der Waals surface area contributed by atoms with Gasteiger partial charge in [0.05, 0.1) is 12.0 Å². The number of amides is 5. The quantitative estimate of drug-likeness (QED) is 0.742. The fourth-order valence-electron chi connectivity index (χ4n) is 3.90. The van der Waals surface area contributed by atoms with Gasteiger partial charge < -0.3 is 15.5 Å². The van der Waals surface area contributed by atoms with Crippen molar-refractivity contribution in [3.8, 4) is 0 Å². The molecule has 0 radical (unpaired) electrons. The van der Waals surface area contributed by atoms with Crippen LogP contribution < -0.4 is 10.6 Å². The molecule has 2 fully saturated rings. The third-order valence-corrected chi connectivity index (χ3v) is 5.20. The van der Waals surface area contributed by atoms with Crippen molar-refractivity contribution in [3.05, 3.63) is 29.8 Å². The van der Waals surface area contributed by atoms with Crippen LogP contribution in [0.1, 0.15) is 18.4 Å². The van der Waals surface area contributed by atoms with E-state index in [0.29, 0.717) is 19.4 Å². The molecule has 2 N–H and O–H groups in total. The smallest absolute Gasteiger partial charge is 0.325 e. The highest BCUT2D eigenvalue weighted by Crippen LogP contribution is 2.43. The summed E-state index contributed by atoms with van der Waals surface area (Å²) in [7, 11) is 0. The molecule has 4 rings (SSSR count). The first-order valence-corrected chi connectivity index (χ1v) is 8.28. The van der Waals surface area contributed by atoms with Crippen molar-refractivity contribution in [2.24, 2.45) is 0 Å². The summed E-state index contributed by atoms with van der Waals surface area (Å²) in [6, 6.07) is 6.97. The maximum Gasteiger partial charge on any atom is 0.325 e. The van der Waals surface area contributed by atoms with E-state index >= 15 is 0 Å². The van der Waals surface area contributed by atoms with E-state index in [0.717, 1.165) is 16.2 Å². The van der Waals surface area contributed by atoms with Crippen molar-refractivity contribution >= 4 is 29.4 Å². The van der Waals surface area contributed by atoms with Crippen LogP contribution in [-0.4, -0.2) is 59.7 Å². The Morgan fingerprint density at radius 2 is 2.00 bits per heavy atom. The summed E-state index contributed by atoms with van der Waals surface area (Å²) in [5.41, 5.74) is 0.949. The predicted octanol–water partition coefficient (Wildman–Crippen LogP) is 0.0507. The Bertz CT molecular complexity index is 777. The third kappa shape index (κ3) is 2.36. The molecule has 0 aromatic heterocycles. The molecule has 1 aromatic rings. The second kappa shape index (κ2) is 5.58. The first-order chi connectivity index (χ1) is 12.0. The minimum atomic E-state index is -0.748. The SMILES string of the molecule is O=C(CN1C(=O)CNC1=O)N1CCCC2(C1)C(=O)Nc1ccccc12. The molecule has 0 bridgehead atoms. The van der Waals surface area contributed by atoms with E-state index in [2.05, 4.69) is 10.6 Å². The zero-order valence-corrected chi connectivity index (χ0v) is 13.6. The monoisotopic (exact) mass is 342 g/mol. The van der Waals surface area contributed by atoms with Gasteiger partial charge in [0.25, 0.3) is 5.91 Å². The molecule has 1 unspecified atom stereocenters. The molecule has 130 valence electrons. The molecule has 25 heavy (non-hydrogen) atoms. The van der Waals surface area contributed by atoms with E-state index in [1.165, 1.54) is 0 Å². The molecule has 0 saturated carbocycles. The lowest BCUT2D eigenvalue weighted by Crippen LogP contribution is -2.54. The maximum atomic E-state index is 12.6. The summed E-state index contributed by atoms with van der Waals surface area (Å²) in [5.74, 6) is -0.822. The summed E-state index contributed by atoms with van der Waals surface area (Å²) >= 11 is 0. The number of anilines is 1. The van der Waals surface area contributed by atoms with Gasteiger partial charge in [-0.3, -0.25) is 19.3 Å². The van der Waals surface area contributed by atoms with Gasteiger partial charge in [-0.25, -0.2) is 4.79 Å². The molecule has 1 spiro atoms. The number of rotatable bonds is 2. The van der Waals surface area contributed by atoms with E-state index in [1.807, 2.05) is 24.3 Å². The molecule has 1 aromatic carbocycles. The van der Waals surface area contributed by atoms with Gasteiger partial charge in [-0.1, -0.05) is 18.2 Å². The zero-order valence-electron chi connectivity index (χ0n) is 13.6. The largest absolute Gasteiger partial charge is 0.340 e. The summed E-state index contributed by atoms with van der Waals surface area (Å²) in [6.45, 7) is 0.411. The van der Waals surface area contributed by atoms with E-state index < -0.39 is 17.4 Å². The first-order valence-electron chi connectivity index (χ1n) is 8.28. The number of nitrogens with one attached hydrogen (secondary N) is 2. The molecule has 8 heteroatoms. The second-order valence-electron chi connectivity index (χ2n) is 6.64.